The molecule has 0 aliphatic carbocycles. The average molecular weight is 360 g/mol. The SMILES string of the molecule is Cc1ccc(Nc2ccc(C(=O)N3CCN(C=O)CC3)nn2)cc1Cl. The maximum absolute atomic E-state index is 12.4. The van der Waals surface area contributed by atoms with Crippen LogP contribution < -0.4 is 5.32 Å². The second-order valence-corrected chi connectivity index (χ2v) is 6.23. The van der Waals surface area contributed by atoms with Gasteiger partial charge in [0.05, 0.1) is 0 Å². The number of aryl methyl sites for hydroxylation is 1. The zero-order valence-corrected chi connectivity index (χ0v) is 14.5. The Morgan fingerprint density at radius 2 is 1.92 bits per heavy atom. The van der Waals surface area contributed by atoms with Crippen LogP contribution in [0, 0.1) is 6.92 Å². The Hall–Kier alpha value is -2.67. The molecule has 1 aliphatic rings. The normalized spacial score (nSPS) is 14.3. The van der Waals surface area contributed by atoms with Gasteiger partial charge < -0.3 is 15.1 Å². The van der Waals surface area contributed by atoms with E-state index in [1.54, 1.807) is 21.9 Å². The summed E-state index contributed by atoms with van der Waals surface area (Å²) < 4.78 is 0. The fourth-order valence-corrected chi connectivity index (χ4v) is 2.70. The number of aromatic nitrogens is 2. The lowest BCUT2D eigenvalue weighted by molar-refractivity contribution is -0.119. The molecule has 1 saturated heterocycles. The lowest BCUT2D eigenvalue weighted by atomic mass is 10.2. The Morgan fingerprint density at radius 1 is 1.16 bits per heavy atom. The van der Waals surface area contributed by atoms with E-state index in [0.29, 0.717) is 37.0 Å². The quantitative estimate of drug-likeness (QED) is 0.846. The summed E-state index contributed by atoms with van der Waals surface area (Å²) in [6.45, 7) is 4.01. The van der Waals surface area contributed by atoms with Gasteiger partial charge in [0.15, 0.2) is 11.5 Å². The van der Waals surface area contributed by atoms with Crippen molar-refractivity contribution in [3.05, 3.63) is 46.6 Å². The molecule has 0 bridgehead atoms. The van der Waals surface area contributed by atoms with Gasteiger partial charge in [-0.25, -0.2) is 0 Å². The molecule has 0 unspecified atom stereocenters. The molecular weight excluding hydrogens is 342 g/mol. The molecule has 3 rings (SSSR count). The Morgan fingerprint density at radius 3 is 2.52 bits per heavy atom. The van der Waals surface area contributed by atoms with E-state index in [4.69, 9.17) is 11.6 Å². The molecule has 2 aromatic rings. The second kappa shape index (κ2) is 7.48. The van der Waals surface area contributed by atoms with Gasteiger partial charge >= 0.3 is 0 Å². The van der Waals surface area contributed by atoms with Crippen molar-refractivity contribution in [2.75, 3.05) is 31.5 Å². The van der Waals surface area contributed by atoms with Gasteiger partial charge in [0.25, 0.3) is 5.91 Å². The molecule has 0 spiro atoms. The first kappa shape index (κ1) is 17.2. The molecular formula is C17H18ClN5O2. The van der Waals surface area contributed by atoms with E-state index < -0.39 is 0 Å². The van der Waals surface area contributed by atoms with Crippen LogP contribution in [0.5, 0.6) is 0 Å². The van der Waals surface area contributed by atoms with Crippen molar-refractivity contribution < 1.29 is 9.59 Å². The molecule has 7 nitrogen and oxygen atoms in total. The van der Waals surface area contributed by atoms with E-state index in [1.807, 2.05) is 25.1 Å². The van der Waals surface area contributed by atoms with Crippen LogP contribution in [0.1, 0.15) is 16.1 Å². The summed E-state index contributed by atoms with van der Waals surface area (Å²) >= 11 is 6.10. The van der Waals surface area contributed by atoms with E-state index in [-0.39, 0.29) is 11.6 Å². The van der Waals surface area contributed by atoms with Crippen LogP contribution in [0.25, 0.3) is 0 Å². The number of carbonyl (C=O) groups is 2. The predicted molar refractivity (Wildman–Crippen MR) is 95.0 cm³/mol. The average Bonchev–Trinajstić information content (AvgIpc) is 2.65. The van der Waals surface area contributed by atoms with E-state index in [1.165, 1.54) is 0 Å². The number of hydrogen-bond acceptors (Lipinski definition) is 5. The number of nitrogens with one attached hydrogen (secondary N) is 1. The lowest BCUT2D eigenvalue weighted by Crippen LogP contribution is -2.48. The molecule has 1 N–H and O–H groups in total. The Kier molecular flexibility index (Phi) is 5.14. The summed E-state index contributed by atoms with van der Waals surface area (Å²) in [4.78, 5) is 26.5. The van der Waals surface area contributed by atoms with Crippen molar-refractivity contribution in [2.24, 2.45) is 0 Å². The summed E-state index contributed by atoms with van der Waals surface area (Å²) in [5, 5.41) is 11.8. The number of amides is 2. The molecule has 0 saturated carbocycles. The standard InChI is InChI=1S/C17H18ClN5O2/c1-12-2-3-13(10-14(12)18)19-16-5-4-15(20-21-16)17(25)23-8-6-22(11-24)7-9-23/h2-5,10-11H,6-9H2,1H3,(H,19,21). The fourth-order valence-electron chi connectivity index (χ4n) is 2.52. The summed E-state index contributed by atoms with van der Waals surface area (Å²) in [6.07, 6.45) is 0.805. The van der Waals surface area contributed by atoms with E-state index in [9.17, 15) is 9.59 Å². The molecule has 2 heterocycles. The number of halogens is 1. The highest BCUT2D eigenvalue weighted by Gasteiger charge is 2.22. The fraction of sp³-hybridized carbons (Fsp3) is 0.294. The van der Waals surface area contributed by atoms with Gasteiger partial charge in [0, 0.05) is 36.9 Å². The van der Waals surface area contributed by atoms with Crippen molar-refractivity contribution >= 4 is 35.4 Å². The van der Waals surface area contributed by atoms with Gasteiger partial charge in [0.1, 0.15) is 0 Å². The van der Waals surface area contributed by atoms with Crippen molar-refractivity contribution in [2.45, 2.75) is 6.92 Å². The first-order chi connectivity index (χ1) is 12.1. The third kappa shape index (κ3) is 4.06. The molecule has 1 aliphatic heterocycles. The predicted octanol–water partition coefficient (Wildman–Crippen LogP) is 2.10. The summed E-state index contributed by atoms with van der Waals surface area (Å²) in [6, 6.07) is 8.96. The topological polar surface area (TPSA) is 78.4 Å². The molecule has 1 aromatic heterocycles. The minimum atomic E-state index is -0.178. The molecule has 0 atom stereocenters. The summed E-state index contributed by atoms with van der Waals surface area (Å²) in [5.74, 6) is 0.352. The molecule has 130 valence electrons. The maximum Gasteiger partial charge on any atom is 0.274 e. The number of nitrogens with zero attached hydrogens (tertiary/aromatic N) is 4. The maximum atomic E-state index is 12.4. The van der Waals surface area contributed by atoms with Gasteiger partial charge in [0.2, 0.25) is 6.41 Å². The zero-order valence-electron chi connectivity index (χ0n) is 13.8. The highest BCUT2D eigenvalue weighted by Crippen LogP contribution is 2.22. The van der Waals surface area contributed by atoms with Gasteiger partial charge in [-0.05, 0) is 36.8 Å². The van der Waals surface area contributed by atoms with Crippen molar-refractivity contribution in [1.82, 2.24) is 20.0 Å². The highest BCUT2D eigenvalue weighted by atomic mass is 35.5. The smallest absolute Gasteiger partial charge is 0.274 e. The van der Waals surface area contributed by atoms with Crippen LogP contribution >= 0.6 is 11.6 Å². The number of anilines is 2. The van der Waals surface area contributed by atoms with Crippen LogP contribution in [0.4, 0.5) is 11.5 Å². The Balaban J connectivity index is 1.64. The molecule has 1 fully saturated rings. The molecule has 0 radical (unpaired) electrons. The summed E-state index contributed by atoms with van der Waals surface area (Å²) in [5.41, 5.74) is 2.08. The molecule has 25 heavy (non-hydrogen) atoms. The number of piperazine rings is 1. The largest absolute Gasteiger partial charge is 0.342 e. The monoisotopic (exact) mass is 359 g/mol. The number of benzene rings is 1. The Labute approximate surface area is 150 Å². The first-order valence-corrected chi connectivity index (χ1v) is 8.30. The third-order valence-corrected chi connectivity index (χ3v) is 4.49. The van der Waals surface area contributed by atoms with Gasteiger partial charge in [-0.3, -0.25) is 9.59 Å². The number of carbonyl (C=O) groups excluding carboxylic acids is 2. The van der Waals surface area contributed by atoms with Gasteiger partial charge in [-0.2, -0.15) is 0 Å². The van der Waals surface area contributed by atoms with Gasteiger partial charge in [-0.1, -0.05) is 17.7 Å². The zero-order chi connectivity index (χ0) is 17.8. The Bertz CT molecular complexity index is 773. The van der Waals surface area contributed by atoms with Crippen LogP contribution in [0.2, 0.25) is 5.02 Å². The summed E-state index contributed by atoms with van der Waals surface area (Å²) in [7, 11) is 0. The van der Waals surface area contributed by atoms with E-state index in [2.05, 4.69) is 15.5 Å². The molecule has 2 amide bonds. The van der Waals surface area contributed by atoms with Crippen molar-refractivity contribution in [1.29, 1.82) is 0 Å². The molecule has 1 aromatic carbocycles. The van der Waals surface area contributed by atoms with Crippen molar-refractivity contribution in [3.63, 3.8) is 0 Å². The van der Waals surface area contributed by atoms with Crippen LogP contribution in [-0.4, -0.2) is 58.5 Å². The van der Waals surface area contributed by atoms with E-state index in [0.717, 1.165) is 17.7 Å². The third-order valence-electron chi connectivity index (χ3n) is 4.08. The number of hydrogen-bond donors (Lipinski definition) is 1. The second-order valence-electron chi connectivity index (χ2n) is 5.83. The van der Waals surface area contributed by atoms with Crippen LogP contribution in [0.3, 0.4) is 0 Å². The minimum absolute atomic E-state index is 0.178. The van der Waals surface area contributed by atoms with Crippen LogP contribution in [-0.2, 0) is 4.79 Å². The van der Waals surface area contributed by atoms with Gasteiger partial charge in [-0.15, -0.1) is 10.2 Å². The number of rotatable bonds is 4. The van der Waals surface area contributed by atoms with Crippen molar-refractivity contribution in [3.8, 4) is 0 Å². The lowest BCUT2D eigenvalue weighted by Gasteiger charge is -2.32. The molecule has 8 heteroatoms. The van der Waals surface area contributed by atoms with Crippen LogP contribution in [0.15, 0.2) is 30.3 Å². The first-order valence-electron chi connectivity index (χ1n) is 7.92. The minimum Gasteiger partial charge on any atom is -0.342 e. The highest BCUT2D eigenvalue weighted by molar-refractivity contribution is 6.31. The van der Waals surface area contributed by atoms with E-state index >= 15 is 0 Å².